The van der Waals surface area contributed by atoms with Gasteiger partial charge in [-0.2, -0.15) is 8.91 Å². The Kier molecular flexibility index (Phi) is 11.3. The topological polar surface area (TPSA) is 70.8 Å². The summed E-state index contributed by atoms with van der Waals surface area (Å²) in [5.41, 5.74) is 3.60. The summed E-state index contributed by atoms with van der Waals surface area (Å²) in [6.07, 6.45) is 3.34. The first kappa shape index (κ1) is 25.3. The molecule has 0 fully saturated rings. The molecule has 1 aromatic rings. The number of benzene rings is 1. The van der Waals surface area contributed by atoms with Gasteiger partial charge >= 0.3 is 57.4 Å². The van der Waals surface area contributed by atoms with Crippen molar-refractivity contribution in [1.29, 1.82) is 0 Å². The fraction of sp³-hybridized carbons (Fsp3) is 0.579. The fourth-order valence-electron chi connectivity index (χ4n) is 3.31. The van der Waals surface area contributed by atoms with Gasteiger partial charge in [0.25, 0.3) is 0 Å². The number of hydrogen-bond acceptors (Lipinski definition) is 6. The van der Waals surface area contributed by atoms with E-state index in [1.807, 2.05) is 19.1 Å². The van der Waals surface area contributed by atoms with Crippen molar-refractivity contribution in [2.24, 2.45) is 0 Å². The van der Waals surface area contributed by atoms with Crippen molar-refractivity contribution in [3.8, 4) is 0 Å². The molecule has 0 bridgehead atoms. The Bertz CT molecular complexity index is 678. The third-order valence-electron chi connectivity index (χ3n) is 4.97. The summed E-state index contributed by atoms with van der Waals surface area (Å²) in [6.45, 7) is 9.73. The summed E-state index contributed by atoms with van der Waals surface area (Å²) in [5.74, 6) is -0.114. The maximum Gasteiger partial charge on any atom is 1.00 e. The molecule has 0 amide bonds. The van der Waals surface area contributed by atoms with Crippen molar-refractivity contribution in [2.75, 3.05) is 13.2 Å². The normalized spacial score (nSPS) is 14.7. The summed E-state index contributed by atoms with van der Waals surface area (Å²) in [4.78, 5) is 12.2. The van der Waals surface area contributed by atoms with Crippen LogP contribution < -0.4 is 56.6 Å². The first-order valence-electron chi connectivity index (χ1n) is 8.96. The van der Waals surface area contributed by atoms with Crippen LogP contribution in [0.3, 0.4) is 0 Å². The van der Waals surface area contributed by atoms with E-state index >= 15 is 0 Å². The molecule has 27 heavy (non-hydrogen) atoms. The number of hydrogen-bond donors (Lipinski definition) is 0. The average Bonchev–Trinajstić information content (AvgIpc) is 2.80. The molecule has 0 N–H and O–H groups in total. The molecule has 0 aliphatic carbocycles. The van der Waals surface area contributed by atoms with Crippen molar-refractivity contribution in [1.82, 2.24) is 0 Å². The van der Waals surface area contributed by atoms with Gasteiger partial charge in [-0.25, -0.2) is 0 Å². The number of fused-ring (bicyclic) bond motifs is 1. The Morgan fingerprint density at radius 1 is 1.26 bits per heavy atom. The number of carbonyl (C=O) groups excluding carboxylic acids is 1. The first-order valence-corrected chi connectivity index (χ1v) is 9.70. The molecule has 8 heteroatoms. The Morgan fingerprint density at radius 3 is 2.67 bits per heavy atom. The van der Waals surface area contributed by atoms with Crippen LogP contribution in [0.2, 0.25) is 0 Å². The van der Waals surface area contributed by atoms with Gasteiger partial charge in [0, 0.05) is 36.3 Å². The predicted octanol–water partition coefficient (Wildman–Crippen LogP) is 0.441. The van der Waals surface area contributed by atoms with Crippen LogP contribution in [0.25, 0.3) is 0 Å². The minimum Gasteiger partial charge on any atom is -0.691 e. The second-order valence-electron chi connectivity index (χ2n) is 6.88. The molecular formula is C19H27KNO5S+. The minimum atomic E-state index is -0.114. The summed E-state index contributed by atoms with van der Waals surface area (Å²) in [5, 5.41) is 13.5. The van der Waals surface area contributed by atoms with Crippen LogP contribution in [0.5, 0.6) is 0 Å². The second kappa shape index (κ2) is 12.0. The Hall–Kier alpha value is 0.226. The van der Waals surface area contributed by atoms with Crippen LogP contribution in [0, 0.1) is 0 Å². The van der Waals surface area contributed by atoms with E-state index in [-0.39, 0.29) is 62.8 Å². The van der Waals surface area contributed by atoms with Gasteiger partial charge in [-0.05, 0) is 45.7 Å². The predicted molar refractivity (Wildman–Crippen MR) is 98.1 cm³/mol. The number of ether oxygens (including phenoxy) is 1. The third kappa shape index (κ3) is 6.62. The average molecular weight is 421 g/mol. The molecule has 0 aromatic heterocycles. The van der Waals surface area contributed by atoms with Crippen molar-refractivity contribution >= 4 is 29.4 Å². The third-order valence-corrected chi connectivity index (χ3v) is 5.54. The van der Waals surface area contributed by atoms with Gasteiger partial charge in [0.05, 0.1) is 24.1 Å². The Morgan fingerprint density at radius 2 is 2.00 bits per heavy atom. The van der Waals surface area contributed by atoms with Crippen molar-refractivity contribution in [3.05, 3.63) is 23.8 Å². The van der Waals surface area contributed by atoms with E-state index in [9.17, 15) is 10.1 Å². The fourth-order valence-corrected chi connectivity index (χ4v) is 3.70. The standard InChI is InChI=1S/C19H27NO5S.K/c1-5-23-18(21)9-7-6-8-12-20-14(2)19(3,4)16-13-15(26-25-24-22)10-11-17(16)20;/h10-11,13H,5-9,12H2,1-4H3;/q;+1. The minimum absolute atomic E-state index is 0. The van der Waals surface area contributed by atoms with Gasteiger partial charge in [0.2, 0.25) is 5.69 Å². The van der Waals surface area contributed by atoms with E-state index in [0.717, 1.165) is 42.7 Å². The molecule has 144 valence electrons. The number of rotatable bonds is 10. The van der Waals surface area contributed by atoms with E-state index in [4.69, 9.17) is 4.74 Å². The van der Waals surface area contributed by atoms with Gasteiger partial charge in [-0.15, -0.1) is 0 Å². The zero-order valence-corrected chi connectivity index (χ0v) is 20.8. The maximum atomic E-state index is 11.4. The van der Waals surface area contributed by atoms with Crippen LogP contribution in [0.4, 0.5) is 5.69 Å². The SMILES string of the molecule is CCOC(=O)CCCCC[N+]1=C(C)C(C)(C)c2cc(SOO[O-])ccc21.[K+]. The van der Waals surface area contributed by atoms with E-state index in [1.165, 1.54) is 17.0 Å². The Labute approximate surface area is 208 Å². The molecule has 0 saturated carbocycles. The van der Waals surface area contributed by atoms with Crippen molar-refractivity contribution in [2.45, 2.75) is 63.7 Å². The quantitative estimate of drug-likeness (QED) is 0.104. The molecule has 0 atom stereocenters. The number of nitrogens with zero attached hydrogens (tertiary/aromatic N) is 1. The molecule has 0 radical (unpaired) electrons. The van der Waals surface area contributed by atoms with E-state index in [0.29, 0.717) is 13.0 Å². The van der Waals surface area contributed by atoms with Crippen LogP contribution in [-0.2, 0) is 24.3 Å². The molecule has 1 aliphatic heterocycles. The molecular weight excluding hydrogens is 393 g/mol. The van der Waals surface area contributed by atoms with E-state index in [1.54, 1.807) is 0 Å². The van der Waals surface area contributed by atoms with Gasteiger partial charge in [0.1, 0.15) is 6.54 Å². The largest absolute Gasteiger partial charge is 1.00 e. The van der Waals surface area contributed by atoms with Crippen LogP contribution >= 0.6 is 12.0 Å². The summed E-state index contributed by atoms with van der Waals surface area (Å²) in [7, 11) is 0. The maximum absolute atomic E-state index is 11.4. The van der Waals surface area contributed by atoms with Gasteiger partial charge in [-0.1, -0.05) is 0 Å². The number of esters is 1. The monoisotopic (exact) mass is 420 g/mol. The summed E-state index contributed by atoms with van der Waals surface area (Å²) in [6, 6.07) is 6.02. The molecule has 0 spiro atoms. The molecule has 0 unspecified atom stereocenters. The summed E-state index contributed by atoms with van der Waals surface area (Å²) < 4.78 is 11.7. The van der Waals surface area contributed by atoms with Gasteiger partial charge in [0.15, 0.2) is 5.71 Å². The van der Waals surface area contributed by atoms with Crippen LogP contribution in [0.15, 0.2) is 23.1 Å². The van der Waals surface area contributed by atoms with Gasteiger partial charge < -0.3 is 9.99 Å². The zero-order chi connectivity index (χ0) is 19.2. The number of carbonyl (C=O) groups is 1. The molecule has 1 aliphatic rings. The molecule has 1 aromatic carbocycles. The first-order chi connectivity index (χ1) is 12.4. The van der Waals surface area contributed by atoms with Gasteiger partial charge in [-0.3, -0.25) is 9.83 Å². The number of unbranched alkanes of at least 4 members (excludes halogenated alkanes) is 2. The summed E-state index contributed by atoms with van der Waals surface area (Å²) >= 11 is 0.914. The van der Waals surface area contributed by atoms with Crippen molar-refractivity contribution in [3.63, 3.8) is 0 Å². The smallest absolute Gasteiger partial charge is 0.691 e. The zero-order valence-electron chi connectivity index (χ0n) is 16.9. The van der Waals surface area contributed by atoms with Crippen LogP contribution in [0.1, 0.15) is 58.9 Å². The second-order valence-corrected chi connectivity index (χ2v) is 7.65. The molecule has 0 saturated heterocycles. The van der Waals surface area contributed by atoms with Crippen LogP contribution in [-0.4, -0.2) is 29.4 Å². The molecule has 1 heterocycles. The molecule has 2 rings (SSSR count). The Balaban J connectivity index is 0.00000364. The van der Waals surface area contributed by atoms with E-state index in [2.05, 4.69) is 40.8 Å². The van der Waals surface area contributed by atoms with E-state index < -0.39 is 0 Å². The van der Waals surface area contributed by atoms with Crippen molar-refractivity contribution < 1.29 is 80.1 Å². The molecule has 6 nitrogen and oxygen atoms in total.